The molecule has 0 aliphatic heterocycles. The molecule has 0 unspecified atom stereocenters. The first-order valence-electron chi connectivity index (χ1n) is 5.63. The van der Waals surface area contributed by atoms with Crippen LogP contribution in [-0.4, -0.2) is 16.3 Å². The normalized spacial score (nSPS) is 16.1. The molecule has 1 aromatic heterocycles. The molecule has 1 fully saturated rings. The molecule has 4 nitrogen and oxygen atoms in total. The molecule has 1 aliphatic carbocycles. The third-order valence-electron chi connectivity index (χ3n) is 3.11. The first kappa shape index (κ1) is 10.9. The summed E-state index contributed by atoms with van der Waals surface area (Å²) in [4.78, 5) is 0. The highest BCUT2D eigenvalue weighted by Gasteiger charge is 2.20. The van der Waals surface area contributed by atoms with Gasteiger partial charge in [0.1, 0.15) is 17.7 Å². The van der Waals surface area contributed by atoms with Crippen LogP contribution in [0.3, 0.4) is 0 Å². The van der Waals surface area contributed by atoms with Crippen LogP contribution in [0.5, 0.6) is 5.88 Å². The molecule has 84 valence electrons. The highest BCUT2D eigenvalue weighted by molar-refractivity contribution is 5.44. The predicted molar refractivity (Wildman–Crippen MR) is 59.1 cm³/mol. The molecule has 1 aromatic rings. The van der Waals surface area contributed by atoms with Crippen molar-refractivity contribution < 1.29 is 4.74 Å². The van der Waals surface area contributed by atoms with Gasteiger partial charge in [-0.2, -0.15) is 10.4 Å². The van der Waals surface area contributed by atoms with Gasteiger partial charge < -0.3 is 4.74 Å². The lowest BCUT2D eigenvalue weighted by atomic mass is 10.1. The second-order valence-corrected chi connectivity index (χ2v) is 4.23. The second-order valence-electron chi connectivity index (χ2n) is 4.23. The SMILES string of the molecule is Cc1nnc(OC2CCCC2)c(C#N)c1C. The molecule has 1 heterocycles. The minimum atomic E-state index is 0.212. The van der Waals surface area contributed by atoms with Crippen LogP contribution in [0.1, 0.15) is 42.5 Å². The predicted octanol–water partition coefficient (Wildman–Crippen LogP) is 2.29. The average molecular weight is 217 g/mol. The van der Waals surface area contributed by atoms with Crippen LogP contribution in [0.25, 0.3) is 0 Å². The number of hydrogen-bond donors (Lipinski definition) is 0. The lowest BCUT2D eigenvalue weighted by molar-refractivity contribution is 0.198. The van der Waals surface area contributed by atoms with E-state index in [0.29, 0.717) is 11.4 Å². The Bertz CT molecular complexity index is 431. The smallest absolute Gasteiger partial charge is 0.252 e. The topological polar surface area (TPSA) is 58.8 Å². The fraction of sp³-hybridized carbons (Fsp3) is 0.583. The van der Waals surface area contributed by atoms with Crippen molar-refractivity contribution in [3.8, 4) is 11.9 Å². The van der Waals surface area contributed by atoms with Gasteiger partial charge in [-0.3, -0.25) is 0 Å². The number of aromatic nitrogens is 2. The van der Waals surface area contributed by atoms with E-state index in [-0.39, 0.29) is 6.10 Å². The summed E-state index contributed by atoms with van der Waals surface area (Å²) in [5, 5.41) is 17.1. The van der Waals surface area contributed by atoms with Gasteiger partial charge in [-0.05, 0) is 45.1 Å². The molecule has 0 N–H and O–H groups in total. The van der Waals surface area contributed by atoms with Gasteiger partial charge in [-0.1, -0.05) is 0 Å². The summed E-state index contributed by atoms with van der Waals surface area (Å²) in [6, 6.07) is 2.15. The van der Waals surface area contributed by atoms with Crippen LogP contribution in [0.4, 0.5) is 0 Å². The Labute approximate surface area is 95.3 Å². The van der Waals surface area contributed by atoms with E-state index in [0.717, 1.165) is 24.1 Å². The lowest BCUT2D eigenvalue weighted by Gasteiger charge is -2.13. The van der Waals surface area contributed by atoms with E-state index in [4.69, 9.17) is 10.00 Å². The van der Waals surface area contributed by atoms with E-state index >= 15 is 0 Å². The first-order chi connectivity index (χ1) is 7.72. The Kier molecular flexibility index (Phi) is 3.04. The number of aryl methyl sites for hydroxylation is 1. The molecule has 0 atom stereocenters. The van der Waals surface area contributed by atoms with Gasteiger partial charge in [0, 0.05) is 0 Å². The minimum Gasteiger partial charge on any atom is -0.472 e. The summed E-state index contributed by atoms with van der Waals surface area (Å²) < 4.78 is 5.74. The molecular weight excluding hydrogens is 202 g/mol. The van der Waals surface area contributed by atoms with Crippen molar-refractivity contribution in [3.63, 3.8) is 0 Å². The Hall–Kier alpha value is -1.63. The fourth-order valence-electron chi connectivity index (χ4n) is 1.96. The standard InChI is InChI=1S/C12H15N3O/c1-8-9(2)14-15-12(11(8)7-13)16-10-5-3-4-6-10/h10H,3-6H2,1-2H3. The molecule has 0 saturated heterocycles. The molecule has 4 heteroatoms. The van der Waals surface area contributed by atoms with Crippen molar-refractivity contribution in [2.45, 2.75) is 45.6 Å². The largest absolute Gasteiger partial charge is 0.472 e. The fourth-order valence-corrected chi connectivity index (χ4v) is 1.96. The molecule has 1 saturated carbocycles. The van der Waals surface area contributed by atoms with E-state index in [1.807, 2.05) is 13.8 Å². The number of rotatable bonds is 2. The Morgan fingerprint density at radius 2 is 1.94 bits per heavy atom. The van der Waals surface area contributed by atoms with E-state index in [1.165, 1.54) is 12.8 Å². The maximum atomic E-state index is 9.10. The van der Waals surface area contributed by atoms with Gasteiger partial charge >= 0.3 is 0 Å². The van der Waals surface area contributed by atoms with E-state index in [2.05, 4.69) is 16.3 Å². The molecule has 0 spiro atoms. The molecule has 0 radical (unpaired) electrons. The van der Waals surface area contributed by atoms with Crippen LogP contribution < -0.4 is 4.74 Å². The van der Waals surface area contributed by atoms with Crippen molar-refractivity contribution >= 4 is 0 Å². The van der Waals surface area contributed by atoms with E-state index < -0.39 is 0 Å². The molecule has 2 rings (SSSR count). The third-order valence-corrected chi connectivity index (χ3v) is 3.11. The zero-order valence-corrected chi connectivity index (χ0v) is 9.66. The van der Waals surface area contributed by atoms with Crippen LogP contribution in [-0.2, 0) is 0 Å². The highest BCUT2D eigenvalue weighted by atomic mass is 16.5. The first-order valence-corrected chi connectivity index (χ1v) is 5.63. The summed E-state index contributed by atoms with van der Waals surface area (Å²) >= 11 is 0. The van der Waals surface area contributed by atoms with Gasteiger partial charge in [-0.25, -0.2) is 0 Å². The van der Waals surface area contributed by atoms with Crippen molar-refractivity contribution in [1.82, 2.24) is 10.2 Å². The molecule has 0 aromatic carbocycles. The summed E-state index contributed by atoms with van der Waals surface area (Å²) in [6.07, 6.45) is 4.72. The maximum Gasteiger partial charge on any atom is 0.252 e. The van der Waals surface area contributed by atoms with E-state index in [9.17, 15) is 0 Å². The quantitative estimate of drug-likeness (QED) is 0.762. The van der Waals surface area contributed by atoms with Gasteiger partial charge in [0.25, 0.3) is 5.88 Å². The molecule has 0 bridgehead atoms. The van der Waals surface area contributed by atoms with Crippen molar-refractivity contribution in [2.24, 2.45) is 0 Å². The number of ether oxygens (including phenoxy) is 1. The summed E-state index contributed by atoms with van der Waals surface area (Å²) in [6.45, 7) is 3.73. The monoisotopic (exact) mass is 217 g/mol. The zero-order chi connectivity index (χ0) is 11.5. The van der Waals surface area contributed by atoms with Crippen molar-refractivity contribution in [1.29, 1.82) is 5.26 Å². The zero-order valence-electron chi connectivity index (χ0n) is 9.66. The van der Waals surface area contributed by atoms with Gasteiger partial charge in [0.2, 0.25) is 0 Å². The average Bonchev–Trinajstić information content (AvgIpc) is 2.77. The van der Waals surface area contributed by atoms with Gasteiger partial charge in [0.15, 0.2) is 0 Å². The third kappa shape index (κ3) is 1.99. The Balaban J connectivity index is 2.26. The summed E-state index contributed by atoms with van der Waals surface area (Å²) in [5.41, 5.74) is 2.18. The Morgan fingerprint density at radius 3 is 2.56 bits per heavy atom. The number of nitriles is 1. The van der Waals surface area contributed by atoms with Crippen LogP contribution >= 0.6 is 0 Å². The second kappa shape index (κ2) is 4.48. The molecular formula is C12H15N3O. The van der Waals surface area contributed by atoms with Gasteiger partial charge in [-0.15, -0.1) is 5.10 Å². The van der Waals surface area contributed by atoms with Crippen molar-refractivity contribution in [2.75, 3.05) is 0 Å². The molecule has 1 aliphatic rings. The van der Waals surface area contributed by atoms with Crippen LogP contribution in [0.15, 0.2) is 0 Å². The lowest BCUT2D eigenvalue weighted by Crippen LogP contribution is -2.14. The van der Waals surface area contributed by atoms with Crippen LogP contribution in [0.2, 0.25) is 0 Å². The molecule has 0 amide bonds. The minimum absolute atomic E-state index is 0.212. The summed E-state index contributed by atoms with van der Waals surface area (Å²) in [5.74, 6) is 0.400. The highest BCUT2D eigenvalue weighted by Crippen LogP contribution is 2.26. The van der Waals surface area contributed by atoms with Gasteiger partial charge in [0.05, 0.1) is 5.69 Å². The molecule has 16 heavy (non-hydrogen) atoms. The summed E-state index contributed by atoms with van der Waals surface area (Å²) in [7, 11) is 0. The number of nitrogens with zero attached hydrogens (tertiary/aromatic N) is 3. The van der Waals surface area contributed by atoms with E-state index in [1.54, 1.807) is 0 Å². The van der Waals surface area contributed by atoms with Crippen LogP contribution in [0, 0.1) is 25.2 Å². The number of hydrogen-bond acceptors (Lipinski definition) is 4. The van der Waals surface area contributed by atoms with Crippen molar-refractivity contribution in [3.05, 3.63) is 16.8 Å². The maximum absolute atomic E-state index is 9.10. The Morgan fingerprint density at radius 1 is 1.25 bits per heavy atom.